The van der Waals surface area contributed by atoms with E-state index in [1.54, 1.807) is 0 Å². The Labute approximate surface area is 360 Å². The van der Waals surface area contributed by atoms with Crippen LogP contribution in [0.3, 0.4) is 0 Å². The third kappa shape index (κ3) is 6.38. The van der Waals surface area contributed by atoms with Gasteiger partial charge in [-0.25, -0.2) is 0 Å². The highest BCUT2D eigenvalue weighted by Gasteiger charge is 2.19. The lowest BCUT2D eigenvalue weighted by Crippen LogP contribution is -1.94. The maximum Gasteiger partial charge on any atom is 0.0625 e. The predicted octanol–water partition coefficient (Wildman–Crippen LogP) is 16.5. The number of H-pyrrole nitrogens is 1. The van der Waals surface area contributed by atoms with E-state index in [4.69, 9.17) is 0 Å². The molecule has 12 rings (SSSR count). The average molecular weight is 973 g/mol. The molecule has 10 aromatic carbocycles. The second kappa shape index (κ2) is 15.1. The van der Waals surface area contributed by atoms with Crippen molar-refractivity contribution in [1.29, 1.82) is 0 Å². The first-order valence-electron chi connectivity index (χ1n) is 18.8. The van der Waals surface area contributed by atoms with Gasteiger partial charge in [0.25, 0.3) is 0 Å². The molecule has 0 aliphatic carbocycles. The maximum atomic E-state index is 3.69. The summed E-state index contributed by atoms with van der Waals surface area (Å²) >= 11 is 9.57. The molecule has 0 aliphatic heterocycles. The van der Waals surface area contributed by atoms with Crippen LogP contribution in [-0.2, 0) is 0 Å². The number of rotatable bonds is 1. The molecule has 5 heteroatoms. The number of para-hydroxylation sites is 1. The van der Waals surface area contributed by atoms with Gasteiger partial charge in [0.1, 0.15) is 0 Å². The van der Waals surface area contributed by atoms with Crippen LogP contribution >= 0.6 is 54.5 Å². The molecular formula is C52H33Br2IN2. The van der Waals surface area contributed by atoms with Gasteiger partial charge in [0.15, 0.2) is 0 Å². The molecule has 2 nitrogen and oxygen atoms in total. The van der Waals surface area contributed by atoms with E-state index in [9.17, 15) is 0 Å². The van der Waals surface area contributed by atoms with Crippen molar-refractivity contribution in [3.05, 3.63) is 207 Å². The van der Waals surface area contributed by atoms with Crippen LogP contribution in [0.5, 0.6) is 0 Å². The Hall–Kier alpha value is -5.47. The van der Waals surface area contributed by atoms with Crippen molar-refractivity contribution >= 4 is 141 Å². The van der Waals surface area contributed by atoms with Gasteiger partial charge in [0.05, 0.1) is 16.6 Å². The standard InChI is InChI=1S/C26H16BrN.C20H12BrN.C6H5I/c27-17-14-15-24-23(16-17)25-21-12-6-4-10-19(21)20-11-5-7-13-22(20)26(25)28(24)18-8-2-1-3-9-18;21-12-9-10-18-17(11-12)19-15-7-3-1-5-13(15)14-6-2-4-8-16(14)20(19)22-18;7-6-4-2-1-3-5-6/h1-16H;1-11,22H;1-5H. The molecule has 2 aromatic heterocycles. The molecule has 12 aromatic rings. The summed E-state index contributed by atoms with van der Waals surface area (Å²) in [5.74, 6) is 0. The van der Waals surface area contributed by atoms with Crippen molar-refractivity contribution in [2.75, 3.05) is 0 Å². The Morgan fingerprint density at radius 2 is 0.842 bits per heavy atom. The summed E-state index contributed by atoms with van der Waals surface area (Å²) < 4.78 is 5.91. The summed E-state index contributed by atoms with van der Waals surface area (Å²) in [6.45, 7) is 0. The second-order valence-electron chi connectivity index (χ2n) is 14.1. The fourth-order valence-electron chi connectivity index (χ4n) is 8.43. The quantitative estimate of drug-likeness (QED) is 0.125. The summed E-state index contributed by atoms with van der Waals surface area (Å²) in [6, 6.07) is 68.7. The van der Waals surface area contributed by atoms with Crippen LogP contribution < -0.4 is 0 Å². The van der Waals surface area contributed by atoms with E-state index in [2.05, 4.69) is 240 Å². The van der Waals surface area contributed by atoms with E-state index in [0.29, 0.717) is 0 Å². The molecule has 272 valence electrons. The number of nitrogens with zero attached hydrogens (tertiary/aromatic N) is 1. The van der Waals surface area contributed by atoms with Crippen molar-refractivity contribution in [2.45, 2.75) is 0 Å². The molecule has 0 spiro atoms. The number of hydrogen-bond donors (Lipinski definition) is 1. The van der Waals surface area contributed by atoms with Gasteiger partial charge in [0, 0.05) is 56.0 Å². The van der Waals surface area contributed by atoms with E-state index >= 15 is 0 Å². The van der Waals surface area contributed by atoms with Crippen LogP contribution in [0.1, 0.15) is 0 Å². The Balaban J connectivity index is 0.000000121. The minimum absolute atomic E-state index is 1.10. The fraction of sp³-hybridized carbons (Fsp3) is 0. The van der Waals surface area contributed by atoms with Crippen LogP contribution in [0, 0.1) is 3.57 Å². The maximum absolute atomic E-state index is 3.69. The van der Waals surface area contributed by atoms with Gasteiger partial charge in [-0.05, 0) is 116 Å². The highest BCUT2D eigenvalue weighted by atomic mass is 127. The number of aromatic nitrogens is 2. The van der Waals surface area contributed by atoms with E-state index in [1.165, 1.54) is 96.0 Å². The second-order valence-corrected chi connectivity index (χ2v) is 17.2. The summed E-state index contributed by atoms with van der Waals surface area (Å²) in [6.07, 6.45) is 0. The lowest BCUT2D eigenvalue weighted by atomic mass is 9.97. The van der Waals surface area contributed by atoms with E-state index in [-0.39, 0.29) is 0 Å². The minimum atomic E-state index is 1.10. The Morgan fingerprint density at radius 3 is 1.44 bits per heavy atom. The third-order valence-electron chi connectivity index (χ3n) is 10.8. The van der Waals surface area contributed by atoms with Crippen LogP contribution in [-0.4, -0.2) is 9.55 Å². The molecule has 0 fully saturated rings. The van der Waals surface area contributed by atoms with Crippen molar-refractivity contribution in [1.82, 2.24) is 9.55 Å². The average Bonchev–Trinajstić information content (AvgIpc) is 3.81. The molecule has 0 saturated carbocycles. The first-order valence-corrected chi connectivity index (χ1v) is 21.5. The third-order valence-corrected chi connectivity index (χ3v) is 12.5. The predicted molar refractivity (Wildman–Crippen MR) is 261 cm³/mol. The molecule has 57 heavy (non-hydrogen) atoms. The van der Waals surface area contributed by atoms with Crippen molar-refractivity contribution in [3.63, 3.8) is 0 Å². The minimum Gasteiger partial charge on any atom is -0.354 e. The molecule has 0 unspecified atom stereocenters. The van der Waals surface area contributed by atoms with Crippen LogP contribution in [0.2, 0.25) is 0 Å². The van der Waals surface area contributed by atoms with Gasteiger partial charge in [-0.3, -0.25) is 0 Å². The van der Waals surface area contributed by atoms with Gasteiger partial charge in [-0.2, -0.15) is 0 Å². The SMILES string of the molecule is Brc1ccc2[nH]c3c4ccccc4c4ccccc4c3c2c1.Brc1ccc2c(c1)c1c3ccccc3c3ccccc3c1n2-c1ccccc1.Ic1ccccc1. The van der Waals surface area contributed by atoms with Gasteiger partial charge < -0.3 is 9.55 Å². The van der Waals surface area contributed by atoms with Crippen molar-refractivity contribution in [3.8, 4) is 5.69 Å². The molecule has 2 heterocycles. The zero-order valence-corrected chi connectivity index (χ0v) is 35.9. The zero-order valence-electron chi connectivity index (χ0n) is 30.6. The largest absolute Gasteiger partial charge is 0.354 e. The number of hydrogen-bond acceptors (Lipinski definition) is 0. The summed E-state index contributed by atoms with van der Waals surface area (Å²) in [7, 11) is 0. The molecule has 0 atom stereocenters. The fourth-order valence-corrected chi connectivity index (χ4v) is 9.57. The zero-order chi connectivity index (χ0) is 38.5. The molecule has 0 radical (unpaired) electrons. The number of nitrogens with one attached hydrogen (secondary N) is 1. The summed E-state index contributed by atoms with van der Waals surface area (Å²) in [5.41, 5.74) is 6.09. The highest BCUT2D eigenvalue weighted by molar-refractivity contribution is 14.1. The van der Waals surface area contributed by atoms with E-state index < -0.39 is 0 Å². The smallest absolute Gasteiger partial charge is 0.0625 e. The van der Waals surface area contributed by atoms with Crippen molar-refractivity contribution < 1.29 is 0 Å². The molecule has 0 aliphatic rings. The van der Waals surface area contributed by atoms with Crippen LogP contribution in [0.25, 0.3) is 92.4 Å². The summed E-state index contributed by atoms with van der Waals surface area (Å²) in [5, 5.41) is 15.6. The van der Waals surface area contributed by atoms with Gasteiger partial charge in [0.2, 0.25) is 0 Å². The van der Waals surface area contributed by atoms with Crippen LogP contribution in [0.4, 0.5) is 0 Å². The van der Waals surface area contributed by atoms with Crippen molar-refractivity contribution in [2.24, 2.45) is 0 Å². The number of aromatic amines is 1. The number of benzene rings is 10. The Bertz CT molecular complexity index is 3440. The molecule has 0 saturated heterocycles. The number of fused-ring (bicyclic) bond motifs is 16. The molecule has 0 bridgehead atoms. The normalized spacial score (nSPS) is 11.4. The summed E-state index contributed by atoms with van der Waals surface area (Å²) in [4.78, 5) is 3.62. The first-order chi connectivity index (χ1) is 28.0. The number of halogens is 3. The lowest BCUT2D eigenvalue weighted by Gasteiger charge is -2.12. The Morgan fingerprint density at radius 1 is 0.386 bits per heavy atom. The molecular weight excluding hydrogens is 939 g/mol. The lowest BCUT2D eigenvalue weighted by molar-refractivity contribution is 1.19. The van der Waals surface area contributed by atoms with Gasteiger partial charge in [-0.15, -0.1) is 0 Å². The topological polar surface area (TPSA) is 20.7 Å². The molecule has 1 N–H and O–H groups in total. The van der Waals surface area contributed by atoms with Gasteiger partial charge in [-0.1, -0.05) is 165 Å². The molecule has 0 amide bonds. The van der Waals surface area contributed by atoms with E-state index in [1.807, 2.05) is 18.2 Å². The Kier molecular flexibility index (Phi) is 9.53. The van der Waals surface area contributed by atoms with E-state index in [0.717, 1.165) is 8.95 Å². The highest BCUT2D eigenvalue weighted by Crippen LogP contribution is 2.43. The monoisotopic (exact) mass is 970 g/mol. The van der Waals surface area contributed by atoms with Crippen LogP contribution in [0.15, 0.2) is 203 Å². The van der Waals surface area contributed by atoms with Gasteiger partial charge >= 0.3 is 0 Å². The first kappa shape index (κ1) is 35.9.